The lowest BCUT2D eigenvalue weighted by molar-refractivity contribution is -0.383. The predicted molar refractivity (Wildman–Crippen MR) is 96.9 cm³/mol. The van der Waals surface area contributed by atoms with Crippen molar-refractivity contribution in [3.05, 3.63) is 58.0 Å². The van der Waals surface area contributed by atoms with Gasteiger partial charge in [0.2, 0.25) is 0 Å². The van der Waals surface area contributed by atoms with Crippen LogP contribution < -0.4 is 5.73 Å². The number of nitro benzene ring substituents is 1. The molecule has 3 N–H and O–H groups in total. The number of hydrogen-bond acceptors (Lipinski definition) is 5. The van der Waals surface area contributed by atoms with Crippen molar-refractivity contribution in [1.82, 2.24) is 9.55 Å². The number of carboxylic acids is 1. The van der Waals surface area contributed by atoms with E-state index in [2.05, 4.69) is 4.98 Å². The summed E-state index contributed by atoms with van der Waals surface area (Å²) in [6.07, 6.45) is 3.32. The maximum Gasteiger partial charge on any atom is 0.320 e. The second-order valence-corrected chi connectivity index (χ2v) is 6.12. The maximum absolute atomic E-state index is 11.6. The third kappa shape index (κ3) is 2.80. The lowest BCUT2D eigenvalue weighted by atomic mass is 9.98. The van der Waals surface area contributed by atoms with E-state index >= 15 is 0 Å². The first-order valence-electron chi connectivity index (χ1n) is 7.97. The standard InChI is InChI=1S/C18H18N4O4/c1-10-13(9-14(19)18(23)24)16-15(22(25)26)4-3-12(17(16)21(10)2)11-5-7-20-8-6-11/h3-8,14H,9,19H2,1-2H3,(H,23,24). The van der Waals surface area contributed by atoms with Gasteiger partial charge >= 0.3 is 5.97 Å². The molecule has 0 aliphatic carbocycles. The topological polar surface area (TPSA) is 124 Å². The Morgan fingerprint density at radius 3 is 2.58 bits per heavy atom. The Kier molecular flexibility index (Phi) is 4.43. The van der Waals surface area contributed by atoms with E-state index in [-0.39, 0.29) is 12.1 Å². The first kappa shape index (κ1) is 17.6. The molecule has 0 bridgehead atoms. The molecule has 0 saturated carbocycles. The molecule has 26 heavy (non-hydrogen) atoms. The molecule has 1 unspecified atom stereocenters. The van der Waals surface area contributed by atoms with Crippen molar-refractivity contribution in [3.8, 4) is 11.1 Å². The number of pyridine rings is 1. The molecule has 0 radical (unpaired) electrons. The lowest BCUT2D eigenvalue weighted by Gasteiger charge is -2.08. The minimum Gasteiger partial charge on any atom is -0.480 e. The van der Waals surface area contributed by atoms with Gasteiger partial charge in [0.25, 0.3) is 5.69 Å². The number of fused-ring (bicyclic) bond motifs is 1. The van der Waals surface area contributed by atoms with Crippen LogP contribution in [0.3, 0.4) is 0 Å². The van der Waals surface area contributed by atoms with Crippen LogP contribution >= 0.6 is 0 Å². The quantitative estimate of drug-likeness (QED) is 0.535. The van der Waals surface area contributed by atoms with Gasteiger partial charge in [-0.3, -0.25) is 19.9 Å². The number of non-ortho nitro benzene ring substituents is 1. The molecule has 3 aromatic rings. The summed E-state index contributed by atoms with van der Waals surface area (Å²) in [4.78, 5) is 26.3. The molecule has 8 heteroatoms. The number of nitro groups is 1. The fourth-order valence-electron chi connectivity index (χ4n) is 3.25. The van der Waals surface area contributed by atoms with E-state index in [0.29, 0.717) is 16.5 Å². The van der Waals surface area contributed by atoms with Crippen LogP contribution in [0, 0.1) is 17.0 Å². The number of nitrogens with zero attached hydrogens (tertiary/aromatic N) is 3. The fraction of sp³-hybridized carbons (Fsp3) is 0.222. The summed E-state index contributed by atoms with van der Waals surface area (Å²) in [6.45, 7) is 1.81. The van der Waals surface area contributed by atoms with E-state index in [9.17, 15) is 14.9 Å². The lowest BCUT2D eigenvalue weighted by Crippen LogP contribution is -2.32. The van der Waals surface area contributed by atoms with Crippen LogP contribution in [0.5, 0.6) is 0 Å². The van der Waals surface area contributed by atoms with Crippen LogP contribution in [0.25, 0.3) is 22.0 Å². The van der Waals surface area contributed by atoms with Crippen molar-refractivity contribution in [2.75, 3.05) is 0 Å². The zero-order valence-electron chi connectivity index (χ0n) is 14.3. The summed E-state index contributed by atoms with van der Waals surface area (Å²) in [7, 11) is 1.81. The molecule has 2 heterocycles. The summed E-state index contributed by atoms with van der Waals surface area (Å²) in [5, 5.41) is 21.2. The van der Waals surface area contributed by atoms with Gasteiger partial charge in [-0.1, -0.05) is 0 Å². The summed E-state index contributed by atoms with van der Waals surface area (Å²) in [5.41, 5.74) is 9.34. The van der Waals surface area contributed by atoms with E-state index in [1.165, 1.54) is 6.07 Å². The van der Waals surface area contributed by atoms with Crippen molar-refractivity contribution in [1.29, 1.82) is 0 Å². The Labute approximate surface area is 149 Å². The number of hydrogen-bond donors (Lipinski definition) is 2. The molecule has 1 atom stereocenters. The molecule has 0 spiro atoms. The van der Waals surface area contributed by atoms with Gasteiger partial charge < -0.3 is 15.4 Å². The molecular formula is C18H18N4O4. The predicted octanol–water partition coefficient (Wildman–Crippen LogP) is 2.41. The largest absolute Gasteiger partial charge is 0.480 e. The first-order chi connectivity index (χ1) is 12.3. The Bertz CT molecular complexity index is 1010. The highest BCUT2D eigenvalue weighted by Gasteiger charge is 2.26. The van der Waals surface area contributed by atoms with E-state index in [1.54, 1.807) is 18.5 Å². The molecule has 0 aliphatic heterocycles. The Morgan fingerprint density at radius 1 is 1.35 bits per heavy atom. The first-order valence-corrected chi connectivity index (χ1v) is 7.97. The molecule has 2 aromatic heterocycles. The summed E-state index contributed by atoms with van der Waals surface area (Å²) in [6, 6.07) is 5.67. The zero-order chi connectivity index (χ0) is 19.0. The average Bonchev–Trinajstić information content (AvgIpc) is 2.87. The number of benzene rings is 1. The van der Waals surface area contributed by atoms with Gasteiger partial charge in [-0.25, -0.2) is 0 Å². The number of aryl methyl sites for hydroxylation is 1. The van der Waals surface area contributed by atoms with Crippen molar-refractivity contribution >= 4 is 22.6 Å². The number of rotatable bonds is 5. The van der Waals surface area contributed by atoms with Crippen LogP contribution in [-0.4, -0.2) is 31.6 Å². The summed E-state index contributed by atoms with van der Waals surface area (Å²) < 4.78 is 1.85. The Morgan fingerprint density at radius 2 is 2.00 bits per heavy atom. The highest BCUT2D eigenvalue weighted by atomic mass is 16.6. The van der Waals surface area contributed by atoms with E-state index in [0.717, 1.165) is 16.8 Å². The number of carboxylic acid groups (broad SMARTS) is 1. The van der Waals surface area contributed by atoms with Gasteiger partial charge in [-0.15, -0.1) is 0 Å². The number of aromatic nitrogens is 2. The highest BCUT2D eigenvalue weighted by molar-refractivity contribution is 6.03. The van der Waals surface area contributed by atoms with Gasteiger partial charge in [-0.2, -0.15) is 0 Å². The van der Waals surface area contributed by atoms with Crippen LogP contribution in [-0.2, 0) is 18.3 Å². The highest BCUT2D eigenvalue weighted by Crippen LogP contribution is 2.39. The van der Waals surface area contributed by atoms with Crippen molar-refractivity contribution < 1.29 is 14.8 Å². The normalized spacial score (nSPS) is 12.3. The van der Waals surface area contributed by atoms with E-state index < -0.39 is 16.9 Å². The number of aliphatic carboxylic acids is 1. The van der Waals surface area contributed by atoms with Crippen LogP contribution in [0.2, 0.25) is 0 Å². The Balaban J connectivity index is 2.37. The SMILES string of the molecule is Cc1c(CC(N)C(=O)O)c2c([N+](=O)[O-])ccc(-c3ccncc3)c2n1C. The summed E-state index contributed by atoms with van der Waals surface area (Å²) in [5.74, 6) is -1.14. The van der Waals surface area contributed by atoms with Gasteiger partial charge in [0.05, 0.1) is 15.8 Å². The van der Waals surface area contributed by atoms with Crippen LogP contribution in [0.1, 0.15) is 11.3 Å². The minimum absolute atomic E-state index is 0.0130. The van der Waals surface area contributed by atoms with E-state index in [4.69, 9.17) is 10.8 Å². The molecule has 0 fully saturated rings. The van der Waals surface area contributed by atoms with Crippen molar-refractivity contribution in [2.24, 2.45) is 12.8 Å². The average molecular weight is 354 g/mol. The number of nitrogens with two attached hydrogens (primary N) is 1. The molecular weight excluding hydrogens is 336 g/mol. The van der Waals surface area contributed by atoms with Gasteiger partial charge in [-0.05, 0) is 36.2 Å². The second kappa shape index (κ2) is 6.57. The molecule has 0 amide bonds. The zero-order valence-corrected chi connectivity index (χ0v) is 14.3. The van der Waals surface area contributed by atoms with Crippen molar-refractivity contribution in [2.45, 2.75) is 19.4 Å². The molecule has 134 valence electrons. The molecule has 8 nitrogen and oxygen atoms in total. The molecule has 3 rings (SSSR count). The Hall–Kier alpha value is -3.26. The van der Waals surface area contributed by atoms with Crippen molar-refractivity contribution in [3.63, 3.8) is 0 Å². The monoisotopic (exact) mass is 354 g/mol. The third-order valence-corrected chi connectivity index (χ3v) is 4.66. The van der Waals surface area contributed by atoms with E-state index in [1.807, 2.05) is 30.7 Å². The smallest absolute Gasteiger partial charge is 0.320 e. The molecule has 0 saturated heterocycles. The second-order valence-electron chi connectivity index (χ2n) is 6.12. The van der Waals surface area contributed by atoms with Gasteiger partial charge in [0, 0.05) is 43.2 Å². The molecule has 1 aromatic carbocycles. The minimum atomic E-state index is -1.14. The molecule has 0 aliphatic rings. The fourth-order valence-corrected chi connectivity index (χ4v) is 3.25. The van der Waals surface area contributed by atoms with Gasteiger partial charge in [0.15, 0.2) is 0 Å². The van der Waals surface area contributed by atoms with Crippen LogP contribution in [0.15, 0.2) is 36.7 Å². The van der Waals surface area contributed by atoms with Crippen LogP contribution in [0.4, 0.5) is 5.69 Å². The number of carbonyl (C=O) groups is 1. The van der Waals surface area contributed by atoms with Gasteiger partial charge in [0.1, 0.15) is 6.04 Å². The summed E-state index contributed by atoms with van der Waals surface area (Å²) >= 11 is 0. The maximum atomic E-state index is 11.6. The third-order valence-electron chi connectivity index (χ3n) is 4.66.